The standard InChI is InChI=1S/C14H17ClN2O5/c1-9(16)12(18)17(11(7-15)13(19)20)14(21)22-8-10-5-3-2-4-6-10/h2-6,9,11H,7-8,16H2,1H3,(H,19,20)/t9-,11+/m0/s1. The molecule has 0 aliphatic heterocycles. The first-order valence-electron chi connectivity index (χ1n) is 6.46. The van der Waals surface area contributed by atoms with Crippen molar-refractivity contribution in [2.24, 2.45) is 5.73 Å². The van der Waals surface area contributed by atoms with Crippen molar-refractivity contribution >= 4 is 29.6 Å². The Morgan fingerprint density at radius 3 is 2.36 bits per heavy atom. The smallest absolute Gasteiger partial charge is 0.417 e. The lowest BCUT2D eigenvalue weighted by atomic mass is 10.2. The molecule has 0 fully saturated rings. The maximum absolute atomic E-state index is 12.1. The maximum atomic E-state index is 12.1. The molecule has 1 rings (SSSR count). The van der Waals surface area contributed by atoms with Crippen molar-refractivity contribution in [2.45, 2.75) is 25.6 Å². The number of imide groups is 1. The molecule has 0 unspecified atom stereocenters. The van der Waals surface area contributed by atoms with Crippen LogP contribution in [0.25, 0.3) is 0 Å². The molecule has 2 atom stereocenters. The molecule has 0 radical (unpaired) electrons. The zero-order valence-electron chi connectivity index (χ0n) is 11.9. The molecule has 0 bridgehead atoms. The molecule has 22 heavy (non-hydrogen) atoms. The average molecular weight is 329 g/mol. The molecule has 0 spiro atoms. The highest BCUT2D eigenvalue weighted by molar-refractivity contribution is 6.20. The van der Waals surface area contributed by atoms with Gasteiger partial charge < -0.3 is 15.6 Å². The van der Waals surface area contributed by atoms with E-state index >= 15 is 0 Å². The number of rotatable bonds is 6. The first kappa shape index (κ1) is 17.9. The van der Waals surface area contributed by atoms with E-state index in [1.807, 2.05) is 0 Å². The number of carboxylic acids is 1. The number of hydrogen-bond acceptors (Lipinski definition) is 5. The van der Waals surface area contributed by atoms with E-state index in [2.05, 4.69) is 0 Å². The van der Waals surface area contributed by atoms with Crippen molar-refractivity contribution in [1.82, 2.24) is 4.90 Å². The zero-order chi connectivity index (χ0) is 16.7. The predicted molar refractivity (Wildman–Crippen MR) is 79.3 cm³/mol. The van der Waals surface area contributed by atoms with Gasteiger partial charge in [-0.2, -0.15) is 0 Å². The van der Waals surface area contributed by atoms with Gasteiger partial charge in [0.25, 0.3) is 0 Å². The number of aliphatic carboxylic acids is 1. The summed E-state index contributed by atoms with van der Waals surface area (Å²) in [6, 6.07) is 6.16. The van der Waals surface area contributed by atoms with Gasteiger partial charge in [-0.3, -0.25) is 4.79 Å². The van der Waals surface area contributed by atoms with Gasteiger partial charge in [0.05, 0.1) is 11.9 Å². The summed E-state index contributed by atoms with van der Waals surface area (Å²) in [6.07, 6.45) is -1.10. The van der Waals surface area contributed by atoms with Gasteiger partial charge in [-0.15, -0.1) is 11.6 Å². The molecule has 0 aliphatic carbocycles. The van der Waals surface area contributed by atoms with Crippen LogP contribution in [-0.2, 0) is 20.9 Å². The minimum atomic E-state index is -1.54. The van der Waals surface area contributed by atoms with Gasteiger partial charge in [0.2, 0.25) is 5.91 Å². The molecule has 2 amide bonds. The summed E-state index contributed by atoms with van der Waals surface area (Å²) < 4.78 is 4.98. The summed E-state index contributed by atoms with van der Waals surface area (Å²) in [7, 11) is 0. The van der Waals surface area contributed by atoms with Gasteiger partial charge in [0.1, 0.15) is 6.61 Å². The number of hydrogen-bond donors (Lipinski definition) is 2. The van der Waals surface area contributed by atoms with Crippen molar-refractivity contribution in [3.8, 4) is 0 Å². The van der Waals surface area contributed by atoms with E-state index < -0.39 is 35.9 Å². The first-order valence-corrected chi connectivity index (χ1v) is 7.00. The second-order valence-electron chi connectivity index (χ2n) is 4.55. The molecular formula is C14H17ClN2O5. The maximum Gasteiger partial charge on any atom is 0.417 e. The van der Waals surface area contributed by atoms with Crippen LogP contribution in [0.5, 0.6) is 0 Å². The fourth-order valence-corrected chi connectivity index (χ4v) is 1.89. The molecule has 0 saturated heterocycles. The lowest BCUT2D eigenvalue weighted by Gasteiger charge is -2.26. The Labute approximate surface area is 132 Å². The number of nitrogens with zero attached hydrogens (tertiary/aromatic N) is 1. The van der Waals surface area contributed by atoms with Gasteiger partial charge in [-0.1, -0.05) is 30.3 Å². The van der Waals surface area contributed by atoms with Crippen molar-refractivity contribution < 1.29 is 24.2 Å². The fourth-order valence-electron chi connectivity index (χ4n) is 1.62. The van der Waals surface area contributed by atoms with Crippen LogP contribution in [0.2, 0.25) is 0 Å². The van der Waals surface area contributed by atoms with Crippen LogP contribution in [0.1, 0.15) is 12.5 Å². The SMILES string of the molecule is C[C@H](N)C(=O)N(C(=O)OCc1ccccc1)[C@H](CCl)C(=O)O. The number of carboxylic acid groups (broad SMARTS) is 1. The van der Waals surface area contributed by atoms with E-state index in [9.17, 15) is 14.4 Å². The number of benzene rings is 1. The fraction of sp³-hybridized carbons (Fsp3) is 0.357. The van der Waals surface area contributed by atoms with Crippen molar-refractivity contribution in [1.29, 1.82) is 0 Å². The third-order valence-electron chi connectivity index (χ3n) is 2.77. The molecule has 1 aromatic rings. The Morgan fingerprint density at radius 1 is 1.32 bits per heavy atom. The number of alkyl halides is 1. The van der Waals surface area contributed by atoms with E-state index in [4.69, 9.17) is 27.2 Å². The van der Waals surface area contributed by atoms with E-state index in [0.29, 0.717) is 10.5 Å². The number of carbonyl (C=O) groups is 3. The van der Waals surface area contributed by atoms with Crippen LogP contribution in [0.4, 0.5) is 4.79 Å². The van der Waals surface area contributed by atoms with Crippen LogP contribution in [0.3, 0.4) is 0 Å². The first-order chi connectivity index (χ1) is 10.4. The quantitative estimate of drug-likeness (QED) is 0.759. The molecular weight excluding hydrogens is 312 g/mol. The molecule has 120 valence electrons. The van der Waals surface area contributed by atoms with Gasteiger partial charge in [-0.25, -0.2) is 14.5 Å². The Morgan fingerprint density at radius 2 is 1.91 bits per heavy atom. The highest BCUT2D eigenvalue weighted by atomic mass is 35.5. The summed E-state index contributed by atoms with van der Waals surface area (Å²) in [5, 5.41) is 9.08. The monoisotopic (exact) mass is 328 g/mol. The largest absolute Gasteiger partial charge is 0.480 e. The van der Waals surface area contributed by atoms with Crippen LogP contribution in [0.15, 0.2) is 30.3 Å². The minimum absolute atomic E-state index is 0.100. The summed E-state index contributed by atoms with van der Waals surface area (Å²) in [5.74, 6) is -2.75. The third-order valence-corrected chi connectivity index (χ3v) is 3.06. The van der Waals surface area contributed by atoms with E-state index in [1.165, 1.54) is 6.92 Å². The Bertz CT molecular complexity index is 535. The van der Waals surface area contributed by atoms with E-state index in [1.54, 1.807) is 30.3 Å². The molecule has 8 heteroatoms. The van der Waals surface area contributed by atoms with Crippen LogP contribution >= 0.6 is 11.6 Å². The number of nitrogens with two attached hydrogens (primary N) is 1. The summed E-state index contributed by atoms with van der Waals surface area (Å²) in [4.78, 5) is 35.6. The van der Waals surface area contributed by atoms with Gasteiger partial charge in [0.15, 0.2) is 6.04 Å². The highest BCUT2D eigenvalue weighted by Crippen LogP contribution is 2.10. The van der Waals surface area contributed by atoms with E-state index in [-0.39, 0.29) is 6.61 Å². The molecule has 0 aromatic heterocycles. The zero-order valence-corrected chi connectivity index (χ0v) is 12.7. The van der Waals surface area contributed by atoms with Gasteiger partial charge >= 0.3 is 12.1 Å². The normalized spacial score (nSPS) is 13.0. The third kappa shape index (κ3) is 4.71. The molecule has 3 N–H and O–H groups in total. The second kappa shape index (κ2) is 8.35. The molecule has 7 nitrogen and oxygen atoms in total. The summed E-state index contributed by atoms with van der Waals surface area (Å²) >= 11 is 5.54. The lowest BCUT2D eigenvalue weighted by Crippen LogP contribution is -2.54. The number of amides is 2. The predicted octanol–water partition coefficient (Wildman–Crippen LogP) is 1.19. The summed E-state index contributed by atoms with van der Waals surface area (Å²) in [6.45, 7) is 1.24. The average Bonchev–Trinajstić information content (AvgIpc) is 2.50. The lowest BCUT2D eigenvalue weighted by molar-refractivity contribution is -0.148. The molecule has 0 aliphatic rings. The molecule has 0 heterocycles. The van der Waals surface area contributed by atoms with Gasteiger partial charge in [0, 0.05) is 0 Å². The summed E-state index contributed by atoms with van der Waals surface area (Å²) in [5.41, 5.74) is 6.14. The van der Waals surface area contributed by atoms with Crippen LogP contribution in [0, 0.1) is 0 Å². The molecule has 1 aromatic carbocycles. The number of ether oxygens (including phenoxy) is 1. The van der Waals surface area contributed by atoms with Crippen molar-refractivity contribution in [3.05, 3.63) is 35.9 Å². The number of halogens is 1. The highest BCUT2D eigenvalue weighted by Gasteiger charge is 2.36. The molecule has 0 saturated carbocycles. The Kier molecular flexibility index (Phi) is 6.81. The van der Waals surface area contributed by atoms with Gasteiger partial charge in [-0.05, 0) is 12.5 Å². The minimum Gasteiger partial charge on any atom is -0.480 e. The second-order valence-corrected chi connectivity index (χ2v) is 4.85. The number of carbonyl (C=O) groups excluding carboxylic acids is 2. The van der Waals surface area contributed by atoms with Crippen molar-refractivity contribution in [2.75, 3.05) is 5.88 Å². The van der Waals surface area contributed by atoms with E-state index in [0.717, 1.165) is 0 Å². The topological polar surface area (TPSA) is 110 Å². The van der Waals surface area contributed by atoms with Crippen molar-refractivity contribution in [3.63, 3.8) is 0 Å². The van der Waals surface area contributed by atoms with Crippen LogP contribution < -0.4 is 5.73 Å². The Balaban J connectivity index is 2.88. The van der Waals surface area contributed by atoms with Crippen LogP contribution in [-0.4, -0.2) is 45.9 Å². The Hall–Kier alpha value is -2.12.